The highest BCUT2D eigenvalue weighted by atomic mass is 19.3. The Balaban J connectivity index is 1.99. The van der Waals surface area contributed by atoms with Crippen LogP contribution in [-0.4, -0.2) is 41.6 Å². The Hall–Kier alpha value is -2.64. The van der Waals surface area contributed by atoms with Gasteiger partial charge in [0.05, 0.1) is 20.8 Å². The van der Waals surface area contributed by atoms with Gasteiger partial charge < -0.3 is 14.4 Å². The molecule has 1 heterocycles. The van der Waals surface area contributed by atoms with Crippen LogP contribution in [0.3, 0.4) is 0 Å². The van der Waals surface area contributed by atoms with E-state index in [2.05, 4.69) is 4.98 Å². The predicted octanol–water partition coefficient (Wildman–Crippen LogP) is 2.89. The number of methoxy groups -OCH3 is 2. The molecule has 0 unspecified atom stereocenters. The molecule has 0 bridgehead atoms. The molecule has 1 aromatic heterocycles. The van der Waals surface area contributed by atoms with Gasteiger partial charge in [0.1, 0.15) is 17.3 Å². The van der Waals surface area contributed by atoms with Crippen LogP contribution in [0.1, 0.15) is 24.4 Å². The van der Waals surface area contributed by atoms with Crippen molar-refractivity contribution >= 4 is 5.91 Å². The molecule has 0 fully saturated rings. The summed E-state index contributed by atoms with van der Waals surface area (Å²) in [6.07, 6.45) is 3.16. The first kappa shape index (κ1) is 18.7. The Morgan fingerprint density at radius 2 is 2.08 bits per heavy atom. The minimum absolute atomic E-state index is 0.0193. The van der Waals surface area contributed by atoms with Gasteiger partial charge in [-0.1, -0.05) is 0 Å². The van der Waals surface area contributed by atoms with Crippen LogP contribution in [-0.2, 0) is 17.8 Å². The topological polar surface area (TPSA) is 56.6 Å². The number of halogens is 2. The third-order valence-electron chi connectivity index (χ3n) is 3.86. The van der Waals surface area contributed by atoms with Crippen LogP contribution in [0.15, 0.2) is 30.6 Å². The molecule has 25 heavy (non-hydrogen) atoms. The molecule has 0 saturated carbocycles. The average Bonchev–Trinajstić information content (AvgIpc) is 3.07. The normalized spacial score (nSPS) is 10.8. The maximum atomic E-state index is 12.8. The van der Waals surface area contributed by atoms with Crippen LogP contribution in [0.5, 0.6) is 11.5 Å². The third kappa shape index (κ3) is 4.68. The zero-order chi connectivity index (χ0) is 18.4. The number of ether oxygens (including phenoxy) is 2. The molecule has 8 heteroatoms. The Morgan fingerprint density at radius 1 is 1.32 bits per heavy atom. The fourth-order valence-electron chi connectivity index (χ4n) is 2.45. The van der Waals surface area contributed by atoms with E-state index in [9.17, 15) is 13.6 Å². The monoisotopic (exact) mass is 353 g/mol. The van der Waals surface area contributed by atoms with Crippen LogP contribution < -0.4 is 9.47 Å². The molecule has 0 spiro atoms. The minimum atomic E-state index is -2.68. The van der Waals surface area contributed by atoms with E-state index in [1.807, 2.05) is 6.07 Å². The number of benzene rings is 1. The van der Waals surface area contributed by atoms with Crippen molar-refractivity contribution in [2.45, 2.75) is 25.9 Å². The standard InChI is InChI=1S/C17H21F2N3O3/c1-21(11-15-20-8-9-22(15)17(18)19)16(23)7-4-12-10-13(24-2)5-6-14(12)25-3/h5-6,8-10,17H,4,7,11H2,1-3H3. The molecule has 2 rings (SSSR count). The third-order valence-corrected chi connectivity index (χ3v) is 3.86. The van der Waals surface area contributed by atoms with Crippen molar-refractivity contribution in [2.24, 2.45) is 0 Å². The average molecular weight is 353 g/mol. The lowest BCUT2D eigenvalue weighted by Gasteiger charge is -2.18. The number of nitrogens with zero attached hydrogens (tertiary/aromatic N) is 3. The smallest absolute Gasteiger partial charge is 0.319 e. The lowest BCUT2D eigenvalue weighted by Crippen LogP contribution is -2.28. The zero-order valence-corrected chi connectivity index (χ0v) is 14.4. The molecule has 2 aromatic rings. The van der Waals surface area contributed by atoms with Gasteiger partial charge in [-0.15, -0.1) is 0 Å². The largest absolute Gasteiger partial charge is 0.497 e. The van der Waals surface area contributed by atoms with Crippen molar-refractivity contribution < 1.29 is 23.0 Å². The summed E-state index contributed by atoms with van der Waals surface area (Å²) in [5.74, 6) is 1.32. The first-order valence-corrected chi connectivity index (χ1v) is 7.71. The number of hydrogen-bond donors (Lipinski definition) is 0. The fraction of sp³-hybridized carbons (Fsp3) is 0.412. The molecule has 0 radical (unpaired) electrons. The van der Waals surface area contributed by atoms with E-state index in [-0.39, 0.29) is 24.7 Å². The van der Waals surface area contributed by atoms with Gasteiger partial charge in [-0.05, 0) is 30.2 Å². The van der Waals surface area contributed by atoms with E-state index in [1.165, 1.54) is 17.3 Å². The van der Waals surface area contributed by atoms with Crippen molar-refractivity contribution in [3.05, 3.63) is 42.0 Å². The maximum absolute atomic E-state index is 12.8. The minimum Gasteiger partial charge on any atom is -0.497 e. The molecule has 0 atom stereocenters. The molecular formula is C17H21F2N3O3. The second kappa shape index (κ2) is 8.46. The zero-order valence-electron chi connectivity index (χ0n) is 14.4. The van der Waals surface area contributed by atoms with Crippen molar-refractivity contribution in [3.8, 4) is 11.5 Å². The number of hydrogen-bond acceptors (Lipinski definition) is 4. The highest BCUT2D eigenvalue weighted by molar-refractivity contribution is 5.76. The van der Waals surface area contributed by atoms with Crippen LogP contribution in [0.4, 0.5) is 8.78 Å². The summed E-state index contributed by atoms with van der Waals surface area (Å²) >= 11 is 0. The van der Waals surface area contributed by atoms with Crippen LogP contribution in [0, 0.1) is 0 Å². The van der Waals surface area contributed by atoms with Crippen molar-refractivity contribution in [1.82, 2.24) is 14.5 Å². The number of carbonyl (C=O) groups is 1. The number of alkyl halides is 2. The van der Waals surface area contributed by atoms with Gasteiger partial charge in [0.15, 0.2) is 0 Å². The lowest BCUT2D eigenvalue weighted by molar-refractivity contribution is -0.130. The van der Waals surface area contributed by atoms with E-state index in [1.54, 1.807) is 33.4 Å². The van der Waals surface area contributed by atoms with Crippen LogP contribution >= 0.6 is 0 Å². The van der Waals surface area contributed by atoms with Crippen molar-refractivity contribution in [1.29, 1.82) is 0 Å². The molecule has 0 aliphatic carbocycles. The molecule has 0 aliphatic rings. The van der Waals surface area contributed by atoms with E-state index in [4.69, 9.17) is 9.47 Å². The molecule has 0 N–H and O–H groups in total. The molecule has 0 aliphatic heterocycles. The quantitative estimate of drug-likeness (QED) is 0.732. The summed E-state index contributed by atoms with van der Waals surface area (Å²) < 4.78 is 36.9. The highest BCUT2D eigenvalue weighted by Gasteiger charge is 2.17. The number of amides is 1. The second-order valence-corrected chi connectivity index (χ2v) is 5.46. The fourth-order valence-corrected chi connectivity index (χ4v) is 2.45. The van der Waals surface area contributed by atoms with Gasteiger partial charge in [0.25, 0.3) is 0 Å². The van der Waals surface area contributed by atoms with Crippen molar-refractivity contribution in [3.63, 3.8) is 0 Å². The van der Waals surface area contributed by atoms with Gasteiger partial charge in [-0.2, -0.15) is 8.78 Å². The Labute approximate surface area is 145 Å². The number of aromatic nitrogens is 2. The molecule has 136 valence electrons. The highest BCUT2D eigenvalue weighted by Crippen LogP contribution is 2.25. The van der Waals surface area contributed by atoms with E-state index < -0.39 is 6.55 Å². The van der Waals surface area contributed by atoms with Gasteiger partial charge in [-0.3, -0.25) is 9.36 Å². The number of carbonyl (C=O) groups excluding carboxylic acids is 1. The van der Waals surface area contributed by atoms with E-state index >= 15 is 0 Å². The van der Waals surface area contributed by atoms with Gasteiger partial charge >= 0.3 is 6.55 Å². The number of rotatable bonds is 8. The molecule has 0 saturated heterocycles. The van der Waals surface area contributed by atoms with Crippen molar-refractivity contribution in [2.75, 3.05) is 21.3 Å². The SMILES string of the molecule is COc1ccc(OC)c(CCC(=O)N(C)Cc2nccn2C(F)F)c1. The molecule has 6 nitrogen and oxygen atoms in total. The van der Waals surface area contributed by atoms with Gasteiger partial charge in [-0.25, -0.2) is 4.98 Å². The molecule has 1 amide bonds. The first-order valence-electron chi connectivity index (χ1n) is 7.71. The van der Waals surface area contributed by atoms with Gasteiger partial charge in [0, 0.05) is 25.9 Å². The van der Waals surface area contributed by atoms with Crippen LogP contribution in [0.25, 0.3) is 0 Å². The molecule has 1 aromatic carbocycles. The van der Waals surface area contributed by atoms with Crippen LogP contribution in [0.2, 0.25) is 0 Å². The summed E-state index contributed by atoms with van der Waals surface area (Å²) in [5, 5.41) is 0. The van der Waals surface area contributed by atoms with Gasteiger partial charge in [0.2, 0.25) is 5.91 Å². The number of aryl methyl sites for hydroxylation is 1. The summed E-state index contributed by atoms with van der Waals surface area (Å²) in [4.78, 5) is 17.6. The Morgan fingerprint density at radius 3 is 2.72 bits per heavy atom. The summed E-state index contributed by atoms with van der Waals surface area (Å²) in [6, 6.07) is 5.37. The molecular weight excluding hydrogens is 332 g/mol. The van der Waals surface area contributed by atoms with E-state index in [0.29, 0.717) is 17.9 Å². The van der Waals surface area contributed by atoms with E-state index in [0.717, 1.165) is 10.1 Å². The second-order valence-electron chi connectivity index (χ2n) is 5.46. The number of imidazole rings is 1. The summed E-state index contributed by atoms with van der Waals surface area (Å²) in [6.45, 7) is -2.66. The first-order chi connectivity index (χ1) is 12.0. The Bertz CT molecular complexity index is 719. The summed E-state index contributed by atoms with van der Waals surface area (Å²) in [5.41, 5.74) is 0.845. The summed E-state index contributed by atoms with van der Waals surface area (Å²) in [7, 11) is 4.69. The lowest BCUT2D eigenvalue weighted by atomic mass is 10.1. The predicted molar refractivity (Wildman–Crippen MR) is 87.8 cm³/mol. The Kier molecular flexibility index (Phi) is 6.32. The maximum Gasteiger partial charge on any atom is 0.319 e.